The molecule has 1 aromatic carbocycles. The molecule has 3 nitrogen and oxygen atoms in total. The number of hydrogen-bond donors (Lipinski definition) is 0. The lowest BCUT2D eigenvalue weighted by atomic mass is 10.1. The van der Waals surface area contributed by atoms with Gasteiger partial charge in [-0.3, -0.25) is 9.78 Å². The molecule has 0 radical (unpaired) electrons. The van der Waals surface area contributed by atoms with Crippen LogP contribution in [0.4, 0.5) is 0 Å². The molecule has 3 heteroatoms. The second kappa shape index (κ2) is 4.69. The van der Waals surface area contributed by atoms with Crippen molar-refractivity contribution in [2.45, 2.75) is 13.5 Å². The van der Waals surface area contributed by atoms with Gasteiger partial charge in [-0.15, -0.1) is 0 Å². The Kier molecular flexibility index (Phi) is 2.88. The summed E-state index contributed by atoms with van der Waals surface area (Å²) in [5, 5.41) is 1.10. The zero-order valence-corrected chi connectivity index (χ0v) is 10.7. The van der Waals surface area contributed by atoms with Crippen LogP contribution in [-0.4, -0.2) is 9.55 Å². The maximum Gasteiger partial charge on any atom is 0.253 e. The van der Waals surface area contributed by atoms with Crippen molar-refractivity contribution < 1.29 is 0 Å². The second-order valence-electron chi connectivity index (χ2n) is 4.65. The van der Waals surface area contributed by atoms with Gasteiger partial charge in [-0.05, 0) is 36.8 Å². The van der Waals surface area contributed by atoms with Crippen molar-refractivity contribution in [3.8, 4) is 0 Å². The standard InChI is InChI=1S/C16H14N2O/c1-12-4-3-9-18(16(12)19)11-13-6-7-15-14(10-13)5-2-8-17-15/h2-10H,11H2,1H3. The Morgan fingerprint density at radius 2 is 2.05 bits per heavy atom. The van der Waals surface area contributed by atoms with Crippen LogP contribution in [0.2, 0.25) is 0 Å². The van der Waals surface area contributed by atoms with E-state index >= 15 is 0 Å². The van der Waals surface area contributed by atoms with E-state index in [2.05, 4.69) is 11.1 Å². The van der Waals surface area contributed by atoms with Gasteiger partial charge >= 0.3 is 0 Å². The van der Waals surface area contributed by atoms with E-state index in [4.69, 9.17) is 0 Å². The SMILES string of the molecule is Cc1cccn(Cc2ccc3ncccc3c2)c1=O. The molecule has 3 aromatic rings. The number of fused-ring (bicyclic) bond motifs is 1. The number of aryl methyl sites for hydroxylation is 1. The zero-order chi connectivity index (χ0) is 13.2. The Morgan fingerprint density at radius 1 is 1.16 bits per heavy atom. The van der Waals surface area contributed by atoms with Crippen molar-refractivity contribution in [3.63, 3.8) is 0 Å². The molecule has 0 unspecified atom stereocenters. The molecule has 2 heterocycles. The first kappa shape index (κ1) is 11.7. The fraction of sp³-hybridized carbons (Fsp3) is 0.125. The number of hydrogen-bond acceptors (Lipinski definition) is 2. The topological polar surface area (TPSA) is 34.9 Å². The van der Waals surface area contributed by atoms with E-state index in [1.807, 2.05) is 49.5 Å². The lowest BCUT2D eigenvalue weighted by Crippen LogP contribution is -2.21. The van der Waals surface area contributed by atoms with E-state index in [0.29, 0.717) is 6.54 Å². The van der Waals surface area contributed by atoms with Crippen LogP contribution in [0.3, 0.4) is 0 Å². The molecule has 0 atom stereocenters. The highest BCUT2D eigenvalue weighted by molar-refractivity contribution is 5.78. The fourth-order valence-electron chi connectivity index (χ4n) is 2.20. The molecule has 0 saturated carbocycles. The van der Waals surface area contributed by atoms with Crippen molar-refractivity contribution in [2.24, 2.45) is 0 Å². The molecule has 0 aliphatic carbocycles. The van der Waals surface area contributed by atoms with Crippen LogP contribution in [0.25, 0.3) is 10.9 Å². The lowest BCUT2D eigenvalue weighted by Gasteiger charge is -2.07. The number of rotatable bonds is 2. The van der Waals surface area contributed by atoms with Crippen LogP contribution in [0.5, 0.6) is 0 Å². The summed E-state index contributed by atoms with van der Waals surface area (Å²) >= 11 is 0. The third-order valence-electron chi connectivity index (χ3n) is 3.23. The first-order valence-corrected chi connectivity index (χ1v) is 6.24. The van der Waals surface area contributed by atoms with E-state index < -0.39 is 0 Å². The van der Waals surface area contributed by atoms with E-state index in [0.717, 1.165) is 22.0 Å². The summed E-state index contributed by atoms with van der Waals surface area (Å²) in [4.78, 5) is 16.3. The summed E-state index contributed by atoms with van der Waals surface area (Å²) in [5.74, 6) is 0. The Hall–Kier alpha value is -2.42. The summed E-state index contributed by atoms with van der Waals surface area (Å²) in [6, 6.07) is 13.8. The molecule has 0 fully saturated rings. The highest BCUT2D eigenvalue weighted by Gasteiger charge is 2.01. The van der Waals surface area contributed by atoms with Gasteiger partial charge in [-0.25, -0.2) is 0 Å². The molecule has 19 heavy (non-hydrogen) atoms. The van der Waals surface area contributed by atoms with Gasteiger partial charge in [0, 0.05) is 23.3 Å². The minimum absolute atomic E-state index is 0.0637. The summed E-state index contributed by atoms with van der Waals surface area (Å²) in [7, 11) is 0. The number of benzene rings is 1. The first-order valence-electron chi connectivity index (χ1n) is 6.24. The second-order valence-corrected chi connectivity index (χ2v) is 4.65. The Labute approximate surface area is 111 Å². The van der Waals surface area contributed by atoms with Gasteiger partial charge in [-0.2, -0.15) is 0 Å². The number of aromatic nitrogens is 2. The van der Waals surface area contributed by atoms with E-state index in [9.17, 15) is 4.79 Å². The maximum atomic E-state index is 12.0. The van der Waals surface area contributed by atoms with Gasteiger partial charge in [0.05, 0.1) is 12.1 Å². The van der Waals surface area contributed by atoms with Crippen LogP contribution in [0.15, 0.2) is 59.7 Å². The van der Waals surface area contributed by atoms with Gasteiger partial charge in [0.25, 0.3) is 5.56 Å². The maximum absolute atomic E-state index is 12.0. The number of pyridine rings is 2. The van der Waals surface area contributed by atoms with E-state index in [-0.39, 0.29) is 5.56 Å². The molecule has 2 aromatic heterocycles. The molecule has 0 amide bonds. The minimum atomic E-state index is 0.0637. The van der Waals surface area contributed by atoms with Crippen LogP contribution < -0.4 is 5.56 Å². The predicted octanol–water partition coefficient (Wildman–Crippen LogP) is 2.75. The largest absolute Gasteiger partial charge is 0.311 e. The molecule has 0 spiro atoms. The Morgan fingerprint density at radius 3 is 2.95 bits per heavy atom. The molecular formula is C16H14N2O. The van der Waals surface area contributed by atoms with Gasteiger partial charge in [-0.1, -0.05) is 18.2 Å². The Balaban J connectivity index is 2.01. The fourth-order valence-corrected chi connectivity index (χ4v) is 2.20. The average Bonchev–Trinajstić information content (AvgIpc) is 2.44. The molecule has 94 valence electrons. The third kappa shape index (κ3) is 2.27. The molecule has 0 N–H and O–H groups in total. The molecule has 0 aliphatic rings. The van der Waals surface area contributed by atoms with Crippen LogP contribution in [0, 0.1) is 6.92 Å². The average molecular weight is 250 g/mol. The van der Waals surface area contributed by atoms with Gasteiger partial charge in [0.2, 0.25) is 0 Å². The quantitative estimate of drug-likeness (QED) is 0.701. The molecular weight excluding hydrogens is 236 g/mol. The van der Waals surface area contributed by atoms with Gasteiger partial charge in [0.15, 0.2) is 0 Å². The number of nitrogens with zero attached hydrogens (tertiary/aromatic N) is 2. The Bertz CT molecular complexity index is 790. The third-order valence-corrected chi connectivity index (χ3v) is 3.23. The minimum Gasteiger partial charge on any atom is -0.311 e. The highest BCUT2D eigenvalue weighted by atomic mass is 16.1. The van der Waals surface area contributed by atoms with Gasteiger partial charge in [0.1, 0.15) is 0 Å². The molecule has 3 rings (SSSR count). The summed E-state index contributed by atoms with van der Waals surface area (Å²) < 4.78 is 1.73. The van der Waals surface area contributed by atoms with E-state index in [1.54, 1.807) is 10.8 Å². The van der Waals surface area contributed by atoms with Crippen LogP contribution in [-0.2, 0) is 6.54 Å². The monoisotopic (exact) mass is 250 g/mol. The lowest BCUT2D eigenvalue weighted by molar-refractivity contribution is 0.753. The van der Waals surface area contributed by atoms with Crippen molar-refractivity contribution in [1.29, 1.82) is 0 Å². The predicted molar refractivity (Wildman–Crippen MR) is 76.3 cm³/mol. The normalized spacial score (nSPS) is 10.8. The van der Waals surface area contributed by atoms with Crippen LogP contribution >= 0.6 is 0 Å². The highest BCUT2D eigenvalue weighted by Crippen LogP contribution is 2.13. The molecule has 0 aliphatic heterocycles. The summed E-state index contributed by atoms with van der Waals surface area (Å²) in [6.07, 6.45) is 3.61. The van der Waals surface area contributed by atoms with Crippen molar-refractivity contribution in [3.05, 3.63) is 76.3 Å². The van der Waals surface area contributed by atoms with Crippen LogP contribution in [0.1, 0.15) is 11.1 Å². The summed E-state index contributed by atoms with van der Waals surface area (Å²) in [5.41, 5.74) is 2.91. The van der Waals surface area contributed by atoms with E-state index in [1.165, 1.54) is 0 Å². The first-order chi connectivity index (χ1) is 9.24. The van der Waals surface area contributed by atoms with Crippen molar-refractivity contribution in [1.82, 2.24) is 9.55 Å². The zero-order valence-electron chi connectivity index (χ0n) is 10.7. The molecule has 0 saturated heterocycles. The molecule has 0 bridgehead atoms. The van der Waals surface area contributed by atoms with Crippen molar-refractivity contribution in [2.75, 3.05) is 0 Å². The van der Waals surface area contributed by atoms with Crippen molar-refractivity contribution >= 4 is 10.9 Å². The van der Waals surface area contributed by atoms with Gasteiger partial charge < -0.3 is 4.57 Å². The summed E-state index contributed by atoms with van der Waals surface area (Å²) in [6.45, 7) is 2.43. The smallest absolute Gasteiger partial charge is 0.253 e.